The monoisotopic (exact) mass is 368 g/mol. The van der Waals surface area contributed by atoms with Crippen LogP contribution in [0.2, 0.25) is 0 Å². The summed E-state index contributed by atoms with van der Waals surface area (Å²) in [7, 11) is 0. The Bertz CT molecular complexity index is 761. The molecule has 0 radical (unpaired) electrons. The van der Waals surface area contributed by atoms with Gasteiger partial charge < -0.3 is 19.3 Å². The number of carbonyl (C=O) groups is 1. The highest BCUT2D eigenvalue weighted by molar-refractivity contribution is 5.76. The molecule has 144 valence electrons. The van der Waals surface area contributed by atoms with Crippen molar-refractivity contribution in [2.75, 3.05) is 49.1 Å². The lowest BCUT2D eigenvalue weighted by atomic mass is 10.1. The largest absolute Gasteiger partial charge is 0.356 e. The van der Waals surface area contributed by atoms with Crippen LogP contribution in [0, 0.1) is 6.92 Å². The van der Waals surface area contributed by atoms with E-state index in [2.05, 4.69) is 25.8 Å². The Labute approximate surface area is 160 Å². The lowest BCUT2D eigenvalue weighted by Gasteiger charge is -2.36. The van der Waals surface area contributed by atoms with Crippen LogP contribution in [0.5, 0.6) is 0 Å². The molecule has 2 aromatic rings. The second kappa shape index (κ2) is 7.98. The Morgan fingerprint density at radius 2 is 1.48 bits per heavy atom. The van der Waals surface area contributed by atoms with Crippen LogP contribution in [0.4, 0.5) is 11.6 Å². The first-order chi connectivity index (χ1) is 13.2. The number of rotatable bonds is 4. The summed E-state index contributed by atoms with van der Waals surface area (Å²) in [4.78, 5) is 28.4. The molecule has 0 aromatic carbocycles. The van der Waals surface area contributed by atoms with Gasteiger partial charge in [0.25, 0.3) is 0 Å². The molecule has 0 N–H and O–H groups in total. The van der Waals surface area contributed by atoms with Crippen molar-refractivity contribution in [2.45, 2.75) is 32.7 Å². The molecule has 7 nitrogen and oxygen atoms in total. The number of hydrogen-bond donors (Lipinski definition) is 0. The topological polar surface area (TPSA) is 57.5 Å². The smallest absolute Gasteiger partial charge is 0.242 e. The maximum absolute atomic E-state index is 12.5. The van der Waals surface area contributed by atoms with Gasteiger partial charge in [-0.3, -0.25) is 4.79 Å². The van der Waals surface area contributed by atoms with Crippen molar-refractivity contribution in [3.8, 4) is 0 Å². The number of nitrogens with zero attached hydrogens (tertiary/aromatic N) is 6. The summed E-state index contributed by atoms with van der Waals surface area (Å²) in [6.07, 6.45) is 7.65. The molecule has 0 spiro atoms. The van der Waals surface area contributed by atoms with E-state index in [1.54, 1.807) is 0 Å². The van der Waals surface area contributed by atoms with Crippen molar-refractivity contribution in [2.24, 2.45) is 0 Å². The number of carbonyl (C=O) groups excluding carboxylic acids is 1. The number of hydrogen-bond acceptors (Lipinski definition) is 5. The van der Waals surface area contributed by atoms with Crippen molar-refractivity contribution >= 4 is 17.5 Å². The zero-order valence-electron chi connectivity index (χ0n) is 16.0. The molecular formula is C20H28N6O. The third-order valence-electron chi connectivity index (χ3n) is 5.43. The summed E-state index contributed by atoms with van der Waals surface area (Å²) in [6, 6.07) is 6.01. The van der Waals surface area contributed by atoms with E-state index < -0.39 is 0 Å². The Balaban J connectivity index is 1.39. The third-order valence-corrected chi connectivity index (χ3v) is 5.43. The number of piperazine rings is 1. The zero-order chi connectivity index (χ0) is 18.6. The van der Waals surface area contributed by atoms with E-state index in [0.717, 1.165) is 56.7 Å². The highest BCUT2D eigenvalue weighted by Crippen LogP contribution is 2.23. The molecule has 2 saturated heterocycles. The second-order valence-corrected chi connectivity index (χ2v) is 7.40. The maximum Gasteiger partial charge on any atom is 0.242 e. The molecule has 2 fully saturated rings. The van der Waals surface area contributed by atoms with Crippen LogP contribution >= 0.6 is 0 Å². The maximum atomic E-state index is 12.5. The molecule has 27 heavy (non-hydrogen) atoms. The molecule has 1 amide bonds. The van der Waals surface area contributed by atoms with Gasteiger partial charge in [0, 0.05) is 57.7 Å². The fourth-order valence-corrected chi connectivity index (χ4v) is 3.90. The minimum atomic E-state index is 0.179. The van der Waals surface area contributed by atoms with E-state index in [4.69, 9.17) is 0 Å². The van der Waals surface area contributed by atoms with Crippen molar-refractivity contribution < 1.29 is 4.79 Å². The number of aromatic nitrogens is 3. The fraction of sp³-hybridized carbons (Fsp3) is 0.550. The molecule has 0 atom stereocenters. The molecule has 0 saturated carbocycles. The minimum absolute atomic E-state index is 0.179. The van der Waals surface area contributed by atoms with Gasteiger partial charge in [0.1, 0.15) is 24.0 Å². The summed E-state index contributed by atoms with van der Waals surface area (Å²) < 4.78 is 1.92. The predicted molar refractivity (Wildman–Crippen MR) is 106 cm³/mol. The van der Waals surface area contributed by atoms with Gasteiger partial charge in [-0.25, -0.2) is 9.97 Å². The number of anilines is 2. The first-order valence-corrected chi connectivity index (χ1v) is 9.93. The van der Waals surface area contributed by atoms with Crippen molar-refractivity contribution in [3.63, 3.8) is 0 Å². The highest BCUT2D eigenvalue weighted by atomic mass is 16.2. The molecular weight excluding hydrogens is 340 g/mol. The van der Waals surface area contributed by atoms with Crippen LogP contribution in [0.3, 0.4) is 0 Å². The van der Waals surface area contributed by atoms with Gasteiger partial charge in [0.15, 0.2) is 0 Å². The summed E-state index contributed by atoms with van der Waals surface area (Å²) >= 11 is 0. The van der Waals surface area contributed by atoms with Crippen LogP contribution in [0.15, 0.2) is 30.6 Å². The number of amides is 1. The SMILES string of the molecule is Cc1nc(N2CCCCC2)cc(N2CCN(C(=O)Cn3cccc3)CC2)n1. The normalized spacial score (nSPS) is 18.0. The van der Waals surface area contributed by atoms with Gasteiger partial charge in [-0.1, -0.05) is 0 Å². The van der Waals surface area contributed by atoms with E-state index in [1.807, 2.05) is 40.9 Å². The first kappa shape index (κ1) is 17.8. The predicted octanol–water partition coefficient (Wildman–Crippen LogP) is 1.93. The third kappa shape index (κ3) is 4.23. The Morgan fingerprint density at radius 1 is 0.889 bits per heavy atom. The van der Waals surface area contributed by atoms with E-state index in [-0.39, 0.29) is 5.91 Å². The van der Waals surface area contributed by atoms with Gasteiger partial charge in [-0.15, -0.1) is 0 Å². The van der Waals surface area contributed by atoms with Crippen LogP contribution in [0.1, 0.15) is 25.1 Å². The van der Waals surface area contributed by atoms with Crippen molar-refractivity contribution in [1.29, 1.82) is 0 Å². The van der Waals surface area contributed by atoms with E-state index in [1.165, 1.54) is 19.3 Å². The van der Waals surface area contributed by atoms with E-state index >= 15 is 0 Å². The van der Waals surface area contributed by atoms with Gasteiger partial charge in [-0.2, -0.15) is 0 Å². The molecule has 4 rings (SSSR count). The second-order valence-electron chi connectivity index (χ2n) is 7.40. The summed E-state index contributed by atoms with van der Waals surface area (Å²) in [5.74, 6) is 3.03. The van der Waals surface area contributed by atoms with Crippen LogP contribution in [-0.4, -0.2) is 64.6 Å². The van der Waals surface area contributed by atoms with Crippen LogP contribution in [-0.2, 0) is 11.3 Å². The van der Waals surface area contributed by atoms with Gasteiger partial charge in [0.05, 0.1) is 0 Å². The quantitative estimate of drug-likeness (QED) is 0.825. The average Bonchev–Trinajstić information content (AvgIpc) is 3.21. The highest BCUT2D eigenvalue weighted by Gasteiger charge is 2.23. The molecule has 2 aliphatic heterocycles. The van der Waals surface area contributed by atoms with Crippen LogP contribution < -0.4 is 9.80 Å². The Morgan fingerprint density at radius 3 is 2.11 bits per heavy atom. The van der Waals surface area contributed by atoms with Gasteiger partial charge in [0.2, 0.25) is 5.91 Å². The molecule has 4 heterocycles. The van der Waals surface area contributed by atoms with Crippen molar-refractivity contribution in [3.05, 3.63) is 36.4 Å². The average molecular weight is 368 g/mol. The molecule has 7 heteroatoms. The first-order valence-electron chi connectivity index (χ1n) is 9.93. The van der Waals surface area contributed by atoms with Crippen molar-refractivity contribution in [1.82, 2.24) is 19.4 Å². The summed E-state index contributed by atoms with van der Waals surface area (Å²) in [5, 5.41) is 0. The molecule has 2 aliphatic rings. The number of aryl methyl sites for hydroxylation is 1. The lowest BCUT2D eigenvalue weighted by molar-refractivity contribution is -0.132. The Kier molecular flexibility index (Phi) is 5.27. The molecule has 0 unspecified atom stereocenters. The van der Waals surface area contributed by atoms with E-state index in [0.29, 0.717) is 6.54 Å². The molecule has 0 aliphatic carbocycles. The van der Waals surface area contributed by atoms with E-state index in [9.17, 15) is 4.79 Å². The minimum Gasteiger partial charge on any atom is -0.356 e. The Hall–Kier alpha value is -2.57. The standard InChI is InChI=1S/C20H28N6O/c1-17-21-18(24-9-3-2-4-10-24)15-19(22-17)25-11-13-26(14-12-25)20(27)16-23-7-5-6-8-23/h5-8,15H,2-4,9-14,16H2,1H3. The summed E-state index contributed by atoms with van der Waals surface area (Å²) in [6.45, 7) is 7.65. The van der Waals surface area contributed by atoms with Gasteiger partial charge >= 0.3 is 0 Å². The lowest BCUT2D eigenvalue weighted by Crippen LogP contribution is -2.50. The molecule has 0 bridgehead atoms. The van der Waals surface area contributed by atoms with Gasteiger partial charge in [-0.05, 0) is 38.3 Å². The zero-order valence-corrected chi connectivity index (χ0v) is 16.0. The number of piperidine rings is 1. The fourth-order valence-electron chi connectivity index (χ4n) is 3.90. The molecule has 2 aromatic heterocycles. The van der Waals surface area contributed by atoms with Crippen LogP contribution in [0.25, 0.3) is 0 Å². The summed E-state index contributed by atoms with van der Waals surface area (Å²) in [5.41, 5.74) is 0.